The molecule has 0 saturated carbocycles. The second kappa shape index (κ2) is 8.26. The molecule has 0 spiro atoms. The highest BCUT2D eigenvalue weighted by atomic mass is 35.5. The van der Waals surface area contributed by atoms with E-state index in [4.69, 9.17) is 23.2 Å². The van der Waals surface area contributed by atoms with Gasteiger partial charge in [0.15, 0.2) is 11.6 Å². The van der Waals surface area contributed by atoms with E-state index in [1.54, 1.807) is 6.07 Å². The van der Waals surface area contributed by atoms with Gasteiger partial charge >= 0.3 is 0 Å². The number of thioether (sulfide) groups is 2. The number of alkyl halides is 1. The summed E-state index contributed by atoms with van der Waals surface area (Å²) >= 11 is 13.9. The molecule has 1 saturated heterocycles. The first-order valence-electron chi connectivity index (χ1n) is 8.86. The van der Waals surface area contributed by atoms with Crippen molar-refractivity contribution in [1.29, 1.82) is 0 Å². The van der Waals surface area contributed by atoms with E-state index in [2.05, 4.69) is 0 Å². The minimum Gasteiger partial charge on any atom is -0.289 e. The summed E-state index contributed by atoms with van der Waals surface area (Å²) in [6.45, 7) is 0.264. The smallest absolute Gasteiger partial charge is 0.279 e. The number of ketones is 2. The van der Waals surface area contributed by atoms with Crippen molar-refractivity contribution in [3.63, 3.8) is 0 Å². The average molecular weight is 481 g/mol. The van der Waals surface area contributed by atoms with Gasteiger partial charge in [0, 0.05) is 24.2 Å². The third-order valence-electron chi connectivity index (χ3n) is 4.84. The number of benzene rings is 1. The second-order valence-electron chi connectivity index (χ2n) is 6.62. The van der Waals surface area contributed by atoms with Gasteiger partial charge in [-0.25, -0.2) is 5.01 Å². The zero-order valence-electron chi connectivity index (χ0n) is 15.6. The summed E-state index contributed by atoms with van der Waals surface area (Å²) in [6, 6.07) is 7.31. The lowest BCUT2D eigenvalue weighted by molar-refractivity contribution is -0.143. The van der Waals surface area contributed by atoms with E-state index in [1.165, 1.54) is 23.1 Å². The summed E-state index contributed by atoms with van der Waals surface area (Å²) < 4.78 is 0.341. The van der Waals surface area contributed by atoms with Crippen LogP contribution in [0.4, 0.5) is 0 Å². The number of hydrazine groups is 1. The molecule has 4 rings (SSSR count). The van der Waals surface area contributed by atoms with Gasteiger partial charge < -0.3 is 0 Å². The molecule has 2 heterocycles. The quantitative estimate of drug-likeness (QED) is 0.284. The molecule has 0 unspecified atom stereocenters. The summed E-state index contributed by atoms with van der Waals surface area (Å²) in [4.78, 5) is 51.1. The van der Waals surface area contributed by atoms with Crippen LogP contribution in [0.5, 0.6) is 0 Å². The van der Waals surface area contributed by atoms with Crippen molar-refractivity contribution in [2.75, 3.05) is 19.5 Å². The zero-order valence-corrected chi connectivity index (χ0v) is 18.8. The van der Waals surface area contributed by atoms with Crippen LogP contribution < -0.4 is 0 Å². The van der Waals surface area contributed by atoms with E-state index in [0.29, 0.717) is 15.7 Å². The number of carbonyl (C=O) groups is 4. The monoisotopic (exact) mass is 480 g/mol. The van der Waals surface area contributed by atoms with E-state index >= 15 is 0 Å². The fourth-order valence-electron chi connectivity index (χ4n) is 3.23. The predicted molar refractivity (Wildman–Crippen MR) is 118 cm³/mol. The van der Waals surface area contributed by atoms with Crippen LogP contribution in [-0.4, -0.2) is 52.9 Å². The molecule has 0 atom stereocenters. The molecule has 10 heteroatoms. The minimum atomic E-state index is -0.473. The Hall–Kier alpha value is -2.00. The average Bonchev–Trinajstić information content (AvgIpc) is 3.25. The van der Waals surface area contributed by atoms with Crippen molar-refractivity contribution in [2.24, 2.45) is 0 Å². The number of nitrogens with zero attached hydrogens (tertiary/aromatic N) is 2. The number of rotatable bonds is 4. The van der Waals surface area contributed by atoms with Gasteiger partial charge in [-0.05, 0) is 24.1 Å². The van der Waals surface area contributed by atoms with Crippen molar-refractivity contribution in [3.05, 3.63) is 66.1 Å². The predicted octanol–water partition coefficient (Wildman–Crippen LogP) is 3.32. The molecule has 1 aliphatic carbocycles. The maximum absolute atomic E-state index is 13.0. The summed E-state index contributed by atoms with van der Waals surface area (Å²) in [7, 11) is 1.52. The zero-order chi connectivity index (χ0) is 21.6. The van der Waals surface area contributed by atoms with Gasteiger partial charge in [-0.2, -0.15) is 0 Å². The summed E-state index contributed by atoms with van der Waals surface area (Å²) in [6.07, 6.45) is 1.69. The molecule has 30 heavy (non-hydrogen) atoms. The number of amides is 2. The Morgan fingerprint density at radius 1 is 1.00 bits per heavy atom. The number of allylic oxidation sites excluding steroid dienone is 4. The lowest BCUT2D eigenvalue weighted by atomic mass is 10.1. The topological polar surface area (TPSA) is 74.8 Å². The number of halogens is 2. The summed E-state index contributed by atoms with van der Waals surface area (Å²) in [5.41, 5.74) is 1.04. The molecule has 2 amide bonds. The van der Waals surface area contributed by atoms with Crippen LogP contribution in [0.2, 0.25) is 5.02 Å². The van der Waals surface area contributed by atoms with Crippen LogP contribution in [0.1, 0.15) is 5.56 Å². The molecular weight excluding hydrogens is 467 g/mol. The van der Waals surface area contributed by atoms with E-state index in [-0.39, 0.29) is 44.9 Å². The molecule has 2 aliphatic heterocycles. The Balaban J connectivity index is 1.57. The van der Waals surface area contributed by atoms with Gasteiger partial charge in [0.05, 0.1) is 19.9 Å². The molecule has 154 valence electrons. The third-order valence-corrected chi connectivity index (χ3v) is 8.11. The van der Waals surface area contributed by atoms with Gasteiger partial charge in [0.25, 0.3) is 11.8 Å². The van der Waals surface area contributed by atoms with Crippen molar-refractivity contribution in [2.45, 2.75) is 6.42 Å². The molecule has 1 aromatic carbocycles. The van der Waals surface area contributed by atoms with Crippen molar-refractivity contribution >= 4 is 70.1 Å². The molecule has 3 aliphatic rings. The van der Waals surface area contributed by atoms with E-state index in [0.717, 1.165) is 29.1 Å². The molecule has 0 bridgehead atoms. The molecule has 1 fully saturated rings. The van der Waals surface area contributed by atoms with Gasteiger partial charge in [0.2, 0.25) is 0 Å². The maximum Gasteiger partial charge on any atom is 0.279 e. The highest BCUT2D eigenvalue weighted by Crippen LogP contribution is 2.54. The summed E-state index contributed by atoms with van der Waals surface area (Å²) in [5, 5.41) is 3.19. The lowest BCUT2D eigenvalue weighted by Crippen LogP contribution is -2.39. The Labute approximate surface area is 190 Å². The van der Waals surface area contributed by atoms with Crippen molar-refractivity contribution < 1.29 is 19.2 Å². The Kier molecular flexibility index (Phi) is 5.85. The van der Waals surface area contributed by atoms with E-state index in [9.17, 15) is 19.2 Å². The van der Waals surface area contributed by atoms with Crippen LogP contribution >= 0.6 is 46.7 Å². The van der Waals surface area contributed by atoms with Crippen molar-refractivity contribution in [1.82, 2.24) is 10.0 Å². The van der Waals surface area contributed by atoms with Crippen LogP contribution in [0.3, 0.4) is 0 Å². The minimum absolute atomic E-state index is 0.0333. The molecule has 0 N–H and O–H groups in total. The second-order valence-corrected chi connectivity index (χ2v) is 9.59. The maximum atomic E-state index is 13.0. The van der Waals surface area contributed by atoms with Crippen LogP contribution in [0, 0.1) is 0 Å². The Morgan fingerprint density at radius 3 is 2.40 bits per heavy atom. The highest BCUT2D eigenvalue weighted by molar-refractivity contribution is 8.29. The van der Waals surface area contributed by atoms with Crippen LogP contribution in [-0.2, 0) is 25.6 Å². The number of hydrogen-bond donors (Lipinski definition) is 0. The number of hydrogen-bond acceptors (Lipinski definition) is 6. The first kappa shape index (κ1) is 21.2. The SMILES string of the molecule is CN1C(=O)/C(=C2/SC3=C(S2)C(=O)C(CCl)=CC3=O)C(=O)N1CCc1ccccc1Cl. The number of carbonyl (C=O) groups excluding carboxylic acids is 4. The standard InChI is InChI=1S/C20H14Cl2N2O4S2/c1-23-18(27)14(19(28)24(23)7-6-10-4-2-3-5-12(10)22)20-29-16-13(25)8-11(9-21)15(26)17(16)30-20/h2-5,8H,6-7,9H2,1H3/b20-14+. The largest absolute Gasteiger partial charge is 0.289 e. The fraction of sp³-hybridized carbons (Fsp3) is 0.200. The fourth-order valence-corrected chi connectivity index (χ4v) is 6.26. The Bertz CT molecular complexity index is 1110. The molecule has 6 nitrogen and oxygen atoms in total. The molecule has 1 aromatic rings. The summed E-state index contributed by atoms with van der Waals surface area (Å²) in [5.74, 6) is -1.69. The first-order chi connectivity index (χ1) is 14.3. The van der Waals surface area contributed by atoms with E-state index in [1.807, 2.05) is 18.2 Å². The van der Waals surface area contributed by atoms with Crippen molar-refractivity contribution in [3.8, 4) is 0 Å². The van der Waals surface area contributed by atoms with Gasteiger partial charge in [-0.15, -0.1) is 11.6 Å². The van der Waals surface area contributed by atoms with Crippen LogP contribution in [0.25, 0.3) is 0 Å². The first-order valence-corrected chi connectivity index (χ1v) is 11.4. The Morgan fingerprint density at radius 2 is 1.70 bits per heavy atom. The third kappa shape index (κ3) is 3.51. The van der Waals surface area contributed by atoms with Gasteiger partial charge in [0.1, 0.15) is 5.57 Å². The van der Waals surface area contributed by atoms with Crippen LogP contribution in [0.15, 0.2) is 55.5 Å². The van der Waals surface area contributed by atoms with E-state index < -0.39 is 11.8 Å². The lowest BCUT2D eigenvalue weighted by Gasteiger charge is -2.23. The molecule has 0 aromatic heterocycles. The molecular formula is C20H14Cl2N2O4S2. The number of Topliss-reactive ketones (excluding diaryl/α,β-unsaturated/α-hetero) is 1. The molecule has 0 radical (unpaired) electrons. The normalized spacial score (nSPS) is 21.8. The number of likely N-dealkylation sites (N-methyl/N-ethyl adjacent to an activating group) is 1. The van der Waals surface area contributed by atoms with Gasteiger partial charge in [-0.1, -0.05) is 53.3 Å². The van der Waals surface area contributed by atoms with Gasteiger partial charge in [-0.3, -0.25) is 24.2 Å². The highest BCUT2D eigenvalue weighted by Gasteiger charge is 2.45.